The molecule has 11 rings (SSSR count). The highest BCUT2D eigenvalue weighted by Crippen LogP contribution is 2.50. The fourth-order valence-electron chi connectivity index (χ4n) is 9.97. The fraction of sp³-hybridized carbons (Fsp3) is 0.222. The van der Waals surface area contributed by atoms with Crippen LogP contribution in [0.15, 0.2) is 114 Å². The summed E-state index contributed by atoms with van der Waals surface area (Å²) in [7, 11) is 0. The summed E-state index contributed by atoms with van der Waals surface area (Å²) >= 11 is 1.93. The van der Waals surface area contributed by atoms with Crippen molar-refractivity contribution in [2.24, 2.45) is 0 Å². The highest BCUT2D eigenvalue weighted by molar-refractivity contribution is 7.25. The summed E-state index contributed by atoms with van der Waals surface area (Å²) in [4.78, 5) is 0. The Morgan fingerprint density at radius 3 is 1.52 bits per heavy atom. The number of benzene rings is 7. The maximum absolute atomic E-state index is 7.45. The summed E-state index contributed by atoms with van der Waals surface area (Å²) in [6.07, 6.45) is 0. The number of aromatic nitrogens is 2. The SMILES string of the molecule is Cc1cccc(C)c1-c1ccc2c(c1)oc1c3c4cc(C(C)(C)C)ccc4n4c5ccc(-c6c(C)cccc6C)cc5sc(c5c6cc(C(C)(C)C)ccc6n2c15)c34. The summed E-state index contributed by atoms with van der Waals surface area (Å²) in [5.41, 5.74) is 21.7. The molecular formula is C54H48N2OS. The van der Waals surface area contributed by atoms with E-state index in [0.717, 1.165) is 22.2 Å². The number of hydrogen-bond acceptors (Lipinski definition) is 2. The van der Waals surface area contributed by atoms with Gasteiger partial charge in [0.15, 0.2) is 11.2 Å². The van der Waals surface area contributed by atoms with Gasteiger partial charge in [0.25, 0.3) is 0 Å². The second-order valence-corrected chi connectivity index (χ2v) is 19.9. The van der Waals surface area contributed by atoms with E-state index < -0.39 is 0 Å². The minimum Gasteiger partial charge on any atom is -0.452 e. The van der Waals surface area contributed by atoms with E-state index in [1.807, 2.05) is 11.3 Å². The molecule has 0 aliphatic heterocycles. The van der Waals surface area contributed by atoms with Gasteiger partial charge in [-0.15, -0.1) is 11.3 Å². The minimum absolute atomic E-state index is 0.0139. The third-order valence-electron chi connectivity index (χ3n) is 12.9. The molecule has 0 radical (unpaired) electrons. The van der Waals surface area contributed by atoms with Crippen LogP contribution < -0.4 is 0 Å². The maximum atomic E-state index is 7.45. The second kappa shape index (κ2) is 11.9. The fourth-order valence-corrected chi connectivity index (χ4v) is 11.2. The lowest BCUT2D eigenvalue weighted by Crippen LogP contribution is -2.10. The van der Waals surface area contributed by atoms with Crippen LogP contribution in [0.1, 0.15) is 74.9 Å². The molecule has 4 aromatic heterocycles. The summed E-state index contributed by atoms with van der Waals surface area (Å²) in [5.74, 6) is 0. The van der Waals surface area contributed by atoms with Crippen LogP contribution in [0.4, 0.5) is 0 Å². The van der Waals surface area contributed by atoms with Crippen molar-refractivity contribution >= 4 is 86.5 Å². The first kappa shape index (κ1) is 35.3. The Morgan fingerprint density at radius 1 is 0.483 bits per heavy atom. The van der Waals surface area contributed by atoms with Gasteiger partial charge in [-0.1, -0.05) is 102 Å². The van der Waals surface area contributed by atoms with Gasteiger partial charge in [-0.05, 0) is 143 Å². The predicted octanol–water partition coefficient (Wildman–Crippen LogP) is 15.9. The lowest BCUT2D eigenvalue weighted by atomic mass is 9.86. The molecule has 286 valence electrons. The zero-order valence-electron chi connectivity index (χ0n) is 35.1. The van der Waals surface area contributed by atoms with E-state index in [1.165, 1.54) is 109 Å². The van der Waals surface area contributed by atoms with Crippen LogP contribution in [0.25, 0.3) is 97.5 Å². The topological polar surface area (TPSA) is 22.0 Å². The van der Waals surface area contributed by atoms with Gasteiger partial charge in [-0.2, -0.15) is 0 Å². The quantitative estimate of drug-likeness (QED) is 0.160. The zero-order chi connectivity index (χ0) is 40.2. The van der Waals surface area contributed by atoms with Crippen LogP contribution in [-0.4, -0.2) is 8.80 Å². The first-order valence-corrected chi connectivity index (χ1v) is 21.4. The molecule has 4 heteroatoms. The molecule has 0 aliphatic carbocycles. The highest BCUT2D eigenvalue weighted by atomic mass is 32.1. The van der Waals surface area contributed by atoms with E-state index in [4.69, 9.17) is 4.42 Å². The van der Waals surface area contributed by atoms with Crippen molar-refractivity contribution in [2.75, 3.05) is 0 Å². The Balaban J connectivity index is 1.40. The number of hydrogen-bond donors (Lipinski definition) is 0. The first-order valence-electron chi connectivity index (χ1n) is 20.6. The van der Waals surface area contributed by atoms with Gasteiger partial charge in [0.1, 0.15) is 0 Å². The van der Waals surface area contributed by atoms with E-state index in [9.17, 15) is 0 Å². The monoisotopic (exact) mass is 772 g/mol. The van der Waals surface area contributed by atoms with Gasteiger partial charge < -0.3 is 13.2 Å². The Hall–Kier alpha value is -5.84. The van der Waals surface area contributed by atoms with E-state index in [-0.39, 0.29) is 10.8 Å². The lowest BCUT2D eigenvalue weighted by molar-refractivity contribution is 0.591. The van der Waals surface area contributed by atoms with Crippen molar-refractivity contribution in [3.63, 3.8) is 0 Å². The van der Waals surface area contributed by atoms with Crippen LogP contribution >= 0.6 is 11.3 Å². The summed E-state index contributed by atoms with van der Waals surface area (Å²) in [6, 6.07) is 41.4. The minimum atomic E-state index is -0.0219. The largest absolute Gasteiger partial charge is 0.452 e. The Bertz CT molecular complexity index is 3290. The standard InChI is InChI=1S/C54H48N2OS/c1-29-13-11-14-30(2)45(29)33-17-21-41-43(25-33)57-51-47-37-27-35(53(5,6)7)19-23-39(37)56-42-22-18-34(46-31(3)15-12-16-32(46)4)26-44(42)58-52(50(47)56)48-38-28-36(54(8,9)10)20-24-40(38)55(41)49(48)51/h11-28H,1-10H3. The number of aryl methyl sites for hydroxylation is 4. The molecule has 0 saturated carbocycles. The Kier molecular flexibility index (Phi) is 7.23. The molecule has 0 amide bonds. The molecule has 3 nitrogen and oxygen atoms in total. The van der Waals surface area contributed by atoms with E-state index in [2.05, 4.69) is 187 Å². The third-order valence-corrected chi connectivity index (χ3v) is 14.1. The summed E-state index contributed by atoms with van der Waals surface area (Å²) < 4.78 is 15.1. The molecule has 0 aliphatic rings. The molecule has 7 aromatic carbocycles. The maximum Gasteiger partial charge on any atom is 0.162 e. The van der Waals surface area contributed by atoms with E-state index >= 15 is 0 Å². The normalized spacial score (nSPS) is 13.0. The lowest BCUT2D eigenvalue weighted by Gasteiger charge is -2.19. The molecule has 0 saturated heterocycles. The van der Waals surface area contributed by atoms with Gasteiger partial charge >= 0.3 is 0 Å². The van der Waals surface area contributed by atoms with Crippen LogP contribution in [0.2, 0.25) is 0 Å². The van der Waals surface area contributed by atoms with Gasteiger partial charge in [0.05, 0.1) is 47.9 Å². The summed E-state index contributed by atoms with van der Waals surface area (Å²) in [6.45, 7) is 22.8. The molecule has 0 unspecified atom stereocenters. The smallest absolute Gasteiger partial charge is 0.162 e. The number of rotatable bonds is 2. The zero-order valence-corrected chi connectivity index (χ0v) is 35.9. The number of fused-ring (bicyclic) bond motifs is 12. The number of nitrogens with zero attached hydrogens (tertiary/aromatic N) is 2. The van der Waals surface area contributed by atoms with Crippen molar-refractivity contribution < 1.29 is 4.42 Å². The van der Waals surface area contributed by atoms with Gasteiger partial charge in [-0.3, -0.25) is 0 Å². The Morgan fingerprint density at radius 2 is 0.966 bits per heavy atom. The van der Waals surface area contributed by atoms with Crippen LogP contribution in [-0.2, 0) is 10.8 Å². The van der Waals surface area contributed by atoms with E-state index in [1.54, 1.807) is 0 Å². The van der Waals surface area contributed by atoms with Crippen molar-refractivity contribution in [3.8, 4) is 22.3 Å². The average molecular weight is 773 g/mol. The summed E-state index contributed by atoms with van der Waals surface area (Å²) in [5, 5.41) is 4.95. The molecule has 4 heterocycles. The first-order chi connectivity index (χ1) is 27.7. The van der Waals surface area contributed by atoms with Gasteiger partial charge in [-0.25, -0.2) is 0 Å². The molecular weight excluding hydrogens is 725 g/mol. The Labute approximate surface area is 343 Å². The molecule has 0 atom stereocenters. The highest BCUT2D eigenvalue weighted by Gasteiger charge is 2.29. The van der Waals surface area contributed by atoms with Crippen molar-refractivity contribution in [3.05, 3.63) is 143 Å². The predicted molar refractivity (Wildman–Crippen MR) is 251 cm³/mol. The molecule has 0 spiro atoms. The molecule has 0 bridgehead atoms. The van der Waals surface area contributed by atoms with Crippen LogP contribution in [0.3, 0.4) is 0 Å². The van der Waals surface area contributed by atoms with Crippen LogP contribution in [0.5, 0.6) is 0 Å². The van der Waals surface area contributed by atoms with Crippen molar-refractivity contribution in [1.82, 2.24) is 8.80 Å². The van der Waals surface area contributed by atoms with Crippen molar-refractivity contribution in [1.29, 1.82) is 0 Å². The molecule has 0 fully saturated rings. The third kappa shape index (κ3) is 4.85. The van der Waals surface area contributed by atoms with E-state index in [0.29, 0.717) is 0 Å². The van der Waals surface area contributed by atoms with Gasteiger partial charge in [0, 0.05) is 16.2 Å². The second-order valence-electron chi connectivity index (χ2n) is 18.8. The van der Waals surface area contributed by atoms with Crippen molar-refractivity contribution in [2.45, 2.75) is 80.1 Å². The van der Waals surface area contributed by atoms with Crippen LogP contribution in [0, 0.1) is 27.7 Å². The molecule has 11 aromatic rings. The van der Waals surface area contributed by atoms with Gasteiger partial charge in [0.2, 0.25) is 0 Å². The average Bonchev–Trinajstić information content (AvgIpc) is 3.70. The molecule has 0 N–H and O–H groups in total. The molecule has 58 heavy (non-hydrogen) atoms.